The van der Waals surface area contributed by atoms with E-state index in [1.807, 2.05) is 0 Å². The first kappa shape index (κ1) is 27.5. The van der Waals surface area contributed by atoms with Crippen LogP contribution in [0.5, 0.6) is 0 Å². The van der Waals surface area contributed by atoms with Crippen molar-refractivity contribution in [1.82, 2.24) is 0 Å². The predicted octanol–water partition coefficient (Wildman–Crippen LogP) is 7.90. The van der Waals surface area contributed by atoms with Crippen molar-refractivity contribution in [3.63, 3.8) is 0 Å². The second-order valence-electron chi connectivity index (χ2n) is 11.5. The molecule has 0 N–H and O–H groups in total. The number of hydrogen-bond donors (Lipinski definition) is 0. The van der Waals surface area contributed by atoms with Crippen LogP contribution in [0.25, 0.3) is 28.3 Å². The maximum atomic E-state index is 7.90. The molecule has 2 aliphatic rings. The molecular formula is C35H36Cl2SiZr. The SMILES string of the molecule is CCc1ccc2c(c1-c1cc(C)cc(C)c1)C=C(C(C)CC)[CH]2[Zr]([Cl])([Cl])[c]1cccc2c1[SiH2]c1ccccc1-2. The van der Waals surface area contributed by atoms with Gasteiger partial charge in [-0.3, -0.25) is 0 Å². The molecule has 198 valence electrons. The Bertz CT molecular complexity index is 1610. The van der Waals surface area contributed by atoms with E-state index < -0.39 is 27.4 Å². The second-order valence-corrected chi connectivity index (χ2v) is 27.3. The summed E-state index contributed by atoms with van der Waals surface area (Å²) in [6, 6.07) is 27.3. The fraction of sp³-hybridized carbons (Fsp3) is 0.257. The molecular weight excluding hydrogens is 611 g/mol. The summed E-state index contributed by atoms with van der Waals surface area (Å²) in [7, 11) is 15.2. The van der Waals surface area contributed by atoms with E-state index in [0.29, 0.717) is 5.92 Å². The van der Waals surface area contributed by atoms with E-state index in [4.69, 9.17) is 17.0 Å². The van der Waals surface area contributed by atoms with Crippen LogP contribution in [0.15, 0.2) is 78.4 Å². The maximum absolute atomic E-state index is 7.90. The molecule has 4 aromatic carbocycles. The van der Waals surface area contributed by atoms with Gasteiger partial charge in [-0.05, 0) is 0 Å². The zero-order chi connectivity index (χ0) is 27.5. The normalized spacial score (nSPS) is 17.1. The predicted molar refractivity (Wildman–Crippen MR) is 172 cm³/mol. The molecule has 2 atom stereocenters. The molecule has 1 aliphatic carbocycles. The first-order valence-corrected chi connectivity index (χ1v) is 24.7. The Morgan fingerprint density at radius 2 is 1.59 bits per heavy atom. The van der Waals surface area contributed by atoms with Gasteiger partial charge in [0.1, 0.15) is 0 Å². The van der Waals surface area contributed by atoms with Gasteiger partial charge in [0.25, 0.3) is 0 Å². The van der Waals surface area contributed by atoms with Crippen LogP contribution < -0.4 is 13.6 Å². The molecule has 1 heterocycles. The van der Waals surface area contributed by atoms with Crippen LogP contribution in [0.4, 0.5) is 0 Å². The number of halogens is 2. The van der Waals surface area contributed by atoms with Gasteiger partial charge in [-0.15, -0.1) is 0 Å². The van der Waals surface area contributed by atoms with Gasteiger partial charge >= 0.3 is 250 Å². The van der Waals surface area contributed by atoms with Crippen LogP contribution in [0, 0.1) is 19.8 Å². The molecule has 0 bridgehead atoms. The summed E-state index contributed by atoms with van der Waals surface area (Å²) >= 11 is -3.99. The number of rotatable bonds is 6. The number of allylic oxidation sites excluding steroid dienone is 1. The van der Waals surface area contributed by atoms with Gasteiger partial charge in [0.15, 0.2) is 0 Å². The topological polar surface area (TPSA) is 0 Å². The molecule has 6 rings (SSSR count). The van der Waals surface area contributed by atoms with Crippen LogP contribution in [0.3, 0.4) is 0 Å². The Morgan fingerprint density at radius 3 is 2.31 bits per heavy atom. The third-order valence-electron chi connectivity index (χ3n) is 8.97. The van der Waals surface area contributed by atoms with Gasteiger partial charge in [0.2, 0.25) is 0 Å². The van der Waals surface area contributed by atoms with Crippen molar-refractivity contribution < 1.29 is 17.9 Å². The quantitative estimate of drug-likeness (QED) is 0.165. The molecule has 39 heavy (non-hydrogen) atoms. The first-order chi connectivity index (χ1) is 18.7. The average Bonchev–Trinajstić information content (AvgIpc) is 3.50. The van der Waals surface area contributed by atoms with E-state index in [1.54, 1.807) is 0 Å². The summed E-state index contributed by atoms with van der Waals surface area (Å²) in [5.74, 6) is 0.430. The number of fused-ring (bicyclic) bond motifs is 4. The molecule has 0 amide bonds. The fourth-order valence-corrected chi connectivity index (χ4v) is 23.9. The summed E-state index contributed by atoms with van der Waals surface area (Å²) in [5.41, 5.74) is 13.6. The van der Waals surface area contributed by atoms with Crippen LogP contribution in [-0.2, 0) is 24.3 Å². The Morgan fingerprint density at radius 1 is 0.872 bits per heavy atom. The third-order valence-corrected chi connectivity index (χ3v) is 23.2. The molecule has 0 fully saturated rings. The zero-order valence-corrected chi connectivity index (χ0v) is 28.9. The Labute approximate surface area is 247 Å². The van der Waals surface area contributed by atoms with Crippen LogP contribution in [0.2, 0.25) is 0 Å². The summed E-state index contributed by atoms with van der Waals surface area (Å²) in [4.78, 5) is 0. The van der Waals surface area contributed by atoms with Crippen molar-refractivity contribution in [3.8, 4) is 22.3 Å². The molecule has 0 saturated heterocycles. The standard InChI is InChI=1S/C23H27.C12H9Si.2ClH.Zr/c1-6-17(5)20-13-19-9-8-18(7-2)23(22(19)14-20)21-11-15(3)10-16(4)12-21;1-3-7-11-9(5-1)10-6-2-4-8-12(10)13-11;;;/h8-14,17H,6-7H2,1-5H3;1-7H,13H2;2*1H;/q;;;;+2/p-2. The van der Waals surface area contributed by atoms with E-state index in [2.05, 4.69) is 113 Å². The molecule has 4 aromatic rings. The molecule has 1 aliphatic heterocycles. The van der Waals surface area contributed by atoms with E-state index in [-0.39, 0.29) is 3.63 Å². The van der Waals surface area contributed by atoms with Crippen LogP contribution in [-0.4, -0.2) is 9.52 Å². The molecule has 0 radical (unpaired) electrons. The Hall–Kier alpha value is -1.70. The molecule has 0 saturated carbocycles. The molecule has 0 spiro atoms. The molecule has 4 heteroatoms. The number of benzene rings is 4. The van der Waals surface area contributed by atoms with Crippen molar-refractivity contribution in [2.24, 2.45) is 5.92 Å². The van der Waals surface area contributed by atoms with Crippen molar-refractivity contribution in [2.75, 3.05) is 0 Å². The summed E-state index contributed by atoms with van der Waals surface area (Å²) < 4.78 is 1.43. The zero-order valence-electron chi connectivity index (χ0n) is 23.5. The van der Waals surface area contributed by atoms with Crippen molar-refractivity contribution in [2.45, 2.75) is 51.1 Å². The minimum absolute atomic E-state index is 0.118. The Balaban J connectivity index is 1.57. The number of hydrogen-bond acceptors (Lipinski definition) is 0. The molecule has 2 unspecified atom stereocenters. The Kier molecular flexibility index (Phi) is 7.47. The second kappa shape index (κ2) is 10.6. The van der Waals surface area contributed by atoms with Gasteiger partial charge in [0, 0.05) is 0 Å². The minimum atomic E-state index is -3.99. The van der Waals surface area contributed by atoms with Gasteiger partial charge in [-0.1, -0.05) is 0 Å². The first-order valence-electron chi connectivity index (χ1n) is 14.3. The van der Waals surface area contributed by atoms with Gasteiger partial charge in [-0.2, -0.15) is 0 Å². The van der Waals surface area contributed by atoms with Gasteiger partial charge < -0.3 is 0 Å². The van der Waals surface area contributed by atoms with Gasteiger partial charge in [0.05, 0.1) is 0 Å². The van der Waals surface area contributed by atoms with Crippen molar-refractivity contribution >= 4 is 46.3 Å². The van der Waals surface area contributed by atoms with E-state index in [0.717, 1.165) is 12.8 Å². The van der Waals surface area contributed by atoms with Crippen LogP contribution in [0.1, 0.15) is 58.6 Å². The fourth-order valence-electron chi connectivity index (χ4n) is 6.96. The monoisotopic (exact) mass is 644 g/mol. The van der Waals surface area contributed by atoms with Crippen molar-refractivity contribution in [3.05, 3.63) is 106 Å². The molecule has 0 aromatic heterocycles. The molecule has 0 nitrogen and oxygen atoms in total. The summed E-state index contributed by atoms with van der Waals surface area (Å²) in [5, 5.41) is 3.01. The van der Waals surface area contributed by atoms with Gasteiger partial charge in [-0.25, -0.2) is 0 Å². The number of aryl methyl sites for hydroxylation is 3. The summed E-state index contributed by atoms with van der Waals surface area (Å²) in [6.45, 7) is 11.3. The average molecular weight is 647 g/mol. The van der Waals surface area contributed by atoms with Crippen LogP contribution >= 0.6 is 17.0 Å². The van der Waals surface area contributed by atoms with E-state index in [9.17, 15) is 0 Å². The van der Waals surface area contributed by atoms with E-state index >= 15 is 0 Å². The van der Waals surface area contributed by atoms with Crippen molar-refractivity contribution in [1.29, 1.82) is 0 Å². The summed E-state index contributed by atoms with van der Waals surface area (Å²) in [6.07, 6.45) is 4.57. The van der Waals surface area contributed by atoms with E-state index in [1.165, 1.54) is 69.3 Å². The third kappa shape index (κ3) is 4.61.